The van der Waals surface area contributed by atoms with Gasteiger partial charge >= 0.3 is 12.4 Å². The topological polar surface area (TPSA) is 24.1 Å². The maximum atomic E-state index is 13.2. The summed E-state index contributed by atoms with van der Waals surface area (Å²) in [5.74, 6) is 0.825. The first-order valence-electron chi connectivity index (χ1n) is 13.0. The Kier molecular flexibility index (Phi) is 7.58. The summed E-state index contributed by atoms with van der Waals surface area (Å²) >= 11 is 5.32. The standard InChI is InChI=1S/C29H34F6N2S/c1-17(2)18-6-8-23-19(12-18)7-9-24-26(3,10-5-11-27(23,24)4)16-36-25(38)37-22-14-20(28(30,31)32)13-21(15-22)29(33,34)35/h6,8,12-15,17,24H,5,7,9-11,16H2,1-4H3,(H2,36,37,38). The van der Waals surface area contributed by atoms with E-state index in [1.807, 2.05) is 0 Å². The van der Waals surface area contributed by atoms with Gasteiger partial charge in [-0.1, -0.05) is 52.3 Å². The zero-order valence-corrected chi connectivity index (χ0v) is 22.9. The highest BCUT2D eigenvalue weighted by atomic mass is 32.1. The molecule has 38 heavy (non-hydrogen) atoms. The van der Waals surface area contributed by atoms with E-state index < -0.39 is 23.5 Å². The average molecular weight is 557 g/mol. The van der Waals surface area contributed by atoms with Crippen molar-refractivity contribution in [1.82, 2.24) is 5.32 Å². The van der Waals surface area contributed by atoms with Crippen molar-refractivity contribution in [2.45, 2.75) is 83.5 Å². The third-order valence-electron chi connectivity index (χ3n) is 8.67. The van der Waals surface area contributed by atoms with E-state index in [2.05, 4.69) is 56.5 Å². The second-order valence-electron chi connectivity index (χ2n) is 11.7. The predicted molar refractivity (Wildman–Crippen MR) is 142 cm³/mol. The van der Waals surface area contributed by atoms with E-state index >= 15 is 0 Å². The lowest BCUT2D eigenvalue weighted by Crippen LogP contribution is -2.53. The van der Waals surface area contributed by atoms with Gasteiger partial charge in [0.25, 0.3) is 0 Å². The number of hydrogen-bond acceptors (Lipinski definition) is 1. The SMILES string of the molecule is CC(C)c1ccc2c(c1)CCC1C(C)(CNC(=S)Nc3cc(C(F)(F)F)cc(C(F)(F)F)c3)CCCC21C. The van der Waals surface area contributed by atoms with Gasteiger partial charge < -0.3 is 10.6 Å². The molecule has 0 aliphatic heterocycles. The molecule has 0 radical (unpaired) electrons. The molecular weight excluding hydrogens is 522 g/mol. The molecule has 4 rings (SSSR count). The van der Waals surface area contributed by atoms with Gasteiger partial charge in [-0.3, -0.25) is 0 Å². The maximum absolute atomic E-state index is 13.2. The van der Waals surface area contributed by atoms with Crippen LogP contribution in [0.3, 0.4) is 0 Å². The van der Waals surface area contributed by atoms with E-state index in [1.165, 1.54) is 16.7 Å². The number of nitrogens with one attached hydrogen (secondary N) is 2. The molecule has 0 saturated heterocycles. The summed E-state index contributed by atoms with van der Waals surface area (Å²) in [6.07, 6.45) is -4.76. The smallest absolute Gasteiger partial charge is 0.362 e. The summed E-state index contributed by atoms with van der Waals surface area (Å²) in [5, 5.41) is 5.68. The summed E-state index contributed by atoms with van der Waals surface area (Å²) in [4.78, 5) is 0. The average Bonchev–Trinajstić information content (AvgIpc) is 2.81. The molecule has 2 aliphatic carbocycles. The summed E-state index contributed by atoms with van der Waals surface area (Å²) in [6.45, 7) is 9.41. The molecule has 9 heteroatoms. The maximum Gasteiger partial charge on any atom is 0.416 e. The van der Waals surface area contributed by atoms with Gasteiger partial charge in [-0.2, -0.15) is 26.3 Å². The van der Waals surface area contributed by atoms with E-state index in [9.17, 15) is 26.3 Å². The highest BCUT2D eigenvalue weighted by Crippen LogP contribution is 2.57. The minimum absolute atomic E-state index is 0.00346. The number of aryl methyl sites for hydroxylation is 1. The molecular formula is C29H34F6N2S. The van der Waals surface area contributed by atoms with Crippen molar-refractivity contribution in [3.05, 3.63) is 64.2 Å². The van der Waals surface area contributed by atoms with Crippen LogP contribution in [0.1, 0.15) is 87.1 Å². The summed E-state index contributed by atoms with van der Waals surface area (Å²) < 4.78 is 79.4. The molecule has 0 bridgehead atoms. The van der Waals surface area contributed by atoms with Gasteiger partial charge in [-0.05, 0) is 95.5 Å². The zero-order valence-electron chi connectivity index (χ0n) is 22.0. The Labute approximate surface area is 225 Å². The number of fused-ring (bicyclic) bond motifs is 3. The van der Waals surface area contributed by atoms with E-state index in [0.717, 1.165) is 32.1 Å². The van der Waals surface area contributed by atoms with Crippen LogP contribution in [0, 0.1) is 11.3 Å². The molecule has 0 aromatic heterocycles. The minimum Gasteiger partial charge on any atom is -0.362 e. The van der Waals surface area contributed by atoms with Gasteiger partial charge in [0.1, 0.15) is 0 Å². The van der Waals surface area contributed by atoms with Crippen LogP contribution in [-0.4, -0.2) is 11.7 Å². The highest BCUT2D eigenvalue weighted by Gasteiger charge is 2.51. The van der Waals surface area contributed by atoms with Crippen molar-refractivity contribution in [3.63, 3.8) is 0 Å². The first-order chi connectivity index (χ1) is 17.5. The Bertz CT molecular complexity index is 1170. The van der Waals surface area contributed by atoms with Crippen LogP contribution in [0.25, 0.3) is 0 Å². The molecule has 3 unspecified atom stereocenters. The zero-order chi connectivity index (χ0) is 28.1. The van der Waals surface area contributed by atoms with Crippen LogP contribution in [0.5, 0.6) is 0 Å². The van der Waals surface area contributed by atoms with Gasteiger partial charge in [-0.15, -0.1) is 0 Å². The molecule has 2 N–H and O–H groups in total. The van der Waals surface area contributed by atoms with Gasteiger partial charge in [0.05, 0.1) is 11.1 Å². The van der Waals surface area contributed by atoms with Crippen LogP contribution in [0.2, 0.25) is 0 Å². The van der Waals surface area contributed by atoms with Crippen molar-refractivity contribution in [2.75, 3.05) is 11.9 Å². The largest absolute Gasteiger partial charge is 0.416 e. The predicted octanol–water partition coefficient (Wildman–Crippen LogP) is 8.84. The van der Waals surface area contributed by atoms with E-state index in [0.29, 0.717) is 30.5 Å². The van der Waals surface area contributed by atoms with Gasteiger partial charge in [-0.25, -0.2) is 0 Å². The molecule has 208 valence electrons. The third kappa shape index (κ3) is 5.68. The molecule has 2 aromatic carbocycles. The molecule has 3 atom stereocenters. The fourth-order valence-electron chi connectivity index (χ4n) is 6.70. The van der Waals surface area contributed by atoms with Crippen molar-refractivity contribution >= 4 is 23.0 Å². The number of anilines is 1. The number of rotatable bonds is 4. The lowest BCUT2D eigenvalue weighted by atomic mass is 9.49. The summed E-state index contributed by atoms with van der Waals surface area (Å²) in [6, 6.07) is 8.25. The van der Waals surface area contributed by atoms with E-state index in [-0.39, 0.29) is 27.7 Å². The number of thiocarbonyl (C=S) groups is 1. The fourth-order valence-corrected chi connectivity index (χ4v) is 6.89. The van der Waals surface area contributed by atoms with Gasteiger partial charge in [0.15, 0.2) is 5.11 Å². The Morgan fingerprint density at radius 3 is 2.18 bits per heavy atom. The summed E-state index contributed by atoms with van der Waals surface area (Å²) in [5.41, 5.74) is 0.890. The van der Waals surface area contributed by atoms with Crippen LogP contribution in [0.4, 0.5) is 32.0 Å². The molecule has 2 nitrogen and oxygen atoms in total. The molecule has 0 spiro atoms. The second-order valence-corrected chi connectivity index (χ2v) is 12.1. The number of benzene rings is 2. The van der Waals surface area contributed by atoms with Crippen molar-refractivity contribution in [3.8, 4) is 0 Å². The normalized spacial score (nSPS) is 25.5. The monoisotopic (exact) mass is 556 g/mol. The van der Waals surface area contributed by atoms with Gasteiger partial charge in [0.2, 0.25) is 0 Å². The number of hydrogen-bond donors (Lipinski definition) is 2. The summed E-state index contributed by atoms with van der Waals surface area (Å²) in [7, 11) is 0. The third-order valence-corrected chi connectivity index (χ3v) is 8.91. The molecule has 2 aliphatic rings. The highest BCUT2D eigenvalue weighted by molar-refractivity contribution is 7.80. The Hall–Kier alpha value is -2.29. The van der Waals surface area contributed by atoms with Crippen molar-refractivity contribution in [2.24, 2.45) is 11.3 Å². The van der Waals surface area contributed by atoms with Crippen molar-refractivity contribution < 1.29 is 26.3 Å². The second kappa shape index (κ2) is 10.0. The first-order valence-corrected chi connectivity index (χ1v) is 13.4. The van der Waals surface area contributed by atoms with Crippen LogP contribution < -0.4 is 10.6 Å². The van der Waals surface area contributed by atoms with E-state index in [1.54, 1.807) is 0 Å². The lowest BCUT2D eigenvalue weighted by molar-refractivity contribution is -0.143. The van der Waals surface area contributed by atoms with Gasteiger partial charge in [0, 0.05) is 12.2 Å². The molecule has 1 saturated carbocycles. The van der Waals surface area contributed by atoms with Crippen LogP contribution >= 0.6 is 12.2 Å². The Balaban J connectivity index is 1.51. The lowest BCUT2D eigenvalue weighted by Gasteiger charge is -2.55. The quantitative estimate of drug-likeness (QED) is 0.291. The molecule has 2 aromatic rings. The van der Waals surface area contributed by atoms with E-state index in [4.69, 9.17) is 12.2 Å². The Morgan fingerprint density at radius 1 is 0.974 bits per heavy atom. The molecule has 0 amide bonds. The minimum atomic E-state index is -4.92. The van der Waals surface area contributed by atoms with Crippen LogP contribution in [-0.2, 0) is 24.2 Å². The number of alkyl halides is 6. The molecule has 0 heterocycles. The number of halogens is 6. The Morgan fingerprint density at radius 2 is 1.61 bits per heavy atom. The van der Waals surface area contributed by atoms with Crippen molar-refractivity contribution in [1.29, 1.82) is 0 Å². The first kappa shape index (κ1) is 28.7. The fraction of sp³-hybridized carbons (Fsp3) is 0.552. The molecule has 1 fully saturated rings. The van der Waals surface area contributed by atoms with Crippen LogP contribution in [0.15, 0.2) is 36.4 Å².